The number of hydrogen-bond acceptors (Lipinski definition) is 6. The molecule has 3 rings (SSSR count). The lowest BCUT2D eigenvalue weighted by Gasteiger charge is -2.18. The third-order valence-corrected chi connectivity index (χ3v) is 4.34. The predicted molar refractivity (Wildman–Crippen MR) is 102 cm³/mol. The number of nitrogens with zero attached hydrogens (tertiary/aromatic N) is 4. The summed E-state index contributed by atoms with van der Waals surface area (Å²) < 4.78 is 6.71. The molecule has 0 unspecified atom stereocenters. The second-order valence-electron chi connectivity index (χ2n) is 6.25. The minimum Gasteiger partial charge on any atom is -0.497 e. The van der Waals surface area contributed by atoms with Crippen molar-refractivity contribution in [3.8, 4) is 5.75 Å². The molecule has 28 heavy (non-hydrogen) atoms. The number of carbonyl (C=O) groups is 2. The Bertz CT molecular complexity index is 955. The summed E-state index contributed by atoms with van der Waals surface area (Å²) in [5, 5.41) is 14.2. The quantitative estimate of drug-likeness (QED) is 0.599. The topological polar surface area (TPSA) is 99.0 Å². The molecular formula is C20H21N5O3. The molecule has 0 aliphatic rings. The summed E-state index contributed by atoms with van der Waals surface area (Å²) in [5.74, 6) is 0.715. The van der Waals surface area contributed by atoms with Crippen molar-refractivity contribution in [2.75, 3.05) is 13.7 Å². The van der Waals surface area contributed by atoms with Crippen molar-refractivity contribution in [3.05, 3.63) is 71.5 Å². The molecule has 144 valence electrons. The smallest absolute Gasteiger partial charge is 0.245 e. The van der Waals surface area contributed by atoms with Crippen LogP contribution in [0.2, 0.25) is 0 Å². The van der Waals surface area contributed by atoms with Crippen LogP contribution in [-0.2, 0) is 11.2 Å². The molecule has 1 N–H and O–H groups in total. The van der Waals surface area contributed by atoms with E-state index >= 15 is 0 Å². The van der Waals surface area contributed by atoms with Crippen LogP contribution in [0.1, 0.15) is 27.8 Å². The summed E-state index contributed by atoms with van der Waals surface area (Å²) in [5.41, 5.74) is 1.44. The first kappa shape index (κ1) is 19.2. The number of nitrogens with one attached hydrogen (secondary N) is 1. The predicted octanol–water partition coefficient (Wildman–Crippen LogP) is 1.77. The zero-order valence-electron chi connectivity index (χ0n) is 15.7. The van der Waals surface area contributed by atoms with Gasteiger partial charge in [0.05, 0.1) is 13.7 Å². The molecule has 0 saturated carbocycles. The van der Waals surface area contributed by atoms with Gasteiger partial charge >= 0.3 is 0 Å². The molecule has 0 aliphatic carbocycles. The normalized spacial score (nSPS) is 11.6. The van der Waals surface area contributed by atoms with Crippen molar-refractivity contribution in [3.63, 3.8) is 0 Å². The number of rotatable bonds is 8. The SMILES string of the molecule is COc1cccc(C[C@@H](C(=O)NCC(=O)c2ccccc2)n2nnnc2C)c1. The highest BCUT2D eigenvalue weighted by molar-refractivity contribution is 5.99. The third-order valence-electron chi connectivity index (χ3n) is 4.34. The van der Waals surface area contributed by atoms with Crippen LogP contribution >= 0.6 is 0 Å². The fourth-order valence-electron chi connectivity index (χ4n) is 2.85. The van der Waals surface area contributed by atoms with Crippen LogP contribution in [0.3, 0.4) is 0 Å². The highest BCUT2D eigenvalue weighted by Gasteiger charge is 2.25. The van der Waals surface area contributed by atoms with Gasteiger partial charge in [-0.2, -0.15) is 0 Å². The van der Waals surface area contributed by atoms with E-state index < -0.39 is 6.04 Å². The second kappa shape index (κ2) is 8.90. The van der Waals surface area contributed by atoms with Gasteiger partial charge in [0.15, 0.2) is 5.78 Å². The Kier molecular flexibility index (Phi) is 6.11. The summed E-state index contributed by atoms with van der Waals surface area (Å²) in [7, 11) is 1.59. The van der Waals surface area contributed by atoms with E-state index in [-0.39, 0.29) is 18.2 Å². The van der Waals surface area contributed by atoms with Gasteiger partial charge in [-0.05, 0) is 35.0 Å². The standard InChI is InChI=1S/C20H21N5O3/c1-14-22-23-24-25(14)18(12-15-7-6-10-17(11-15)28-2)20(27)21-13-19(26)16-8-4-3-5-9-16/h3-11,18H,12-13H2,1-2H3,(H,21,27)/t18-/m0/s1. The third kappa shape index (κ3) is 4.59. The van der Waals surface area contributed by atoms with E-state index in [0.29, 0.717) is 23.6 Å². The molecule has 2 aromatic carbocycles. The molecule has 0 bridgehead atoms. The van der Waals surface area contributed by atoms with Crippen molar-refractivity contribution in [1.29, 1.82) is 0 Å². The monoisotopic (exact) mass is 379 g/mol. The number of ether oxygens (including phenoxy) is 1. The molecule has 1 atom stereocenters. The molecule has 1 heterocycles. The first-order chi connectivity index (χ1) is 13.6. The molecule has 1 amide bonds. The lowest BCUT2D eigenvalue weighted by Crippen LogP contribution is -2.37. The van der Waals surface area contributed by atoms with Crippen molar-refractivity contribution >= 4 is 11.7 Å². The van der Waals surface area contributed by atoms with Gasteiger partial charge < -0.3 is 10.1 Å². The summed E-state index contributed by atoms with van der Waals surface area (Å²) >= 11 is 0. The second-order valence-corrected chi connectivity index (χ2v) is 6.25. The van der Waals surface area contributed by atoms with E-state index in [1.807, 2.05) is 30.3 Å². The Hall–Kier alpha value is -3.55. The van der Waals surface area contributed by atoms with Gasteiger partial charge in [-0.3, -0.25) is 9.59 Å². The Labute approximate surface area is 162 Å². The van der Waals surface area contributed by atoms with Crippen LogP contribution in [0, 0.1) is 6.92 Å². The molecular weight excluding hydrogens is 358 g/mol. The van der Waals surface area contributed by atoms with Gasteiger partial charge in [0.25, 0.3) is 0 Å². The number of hydrogen-bond donors (Lipinski definition) is 1. The van der Waals surface area contributed by atoms with Gasteiger partial charge in [-0.25, -0.2) is 4.68 Å². The summed E-state index contributed by atoms with van der Waals surface area (Å²) in [6, 6.07) is 15.6. The molecule has 3 aromatic rings. The fourth-order valence-corrected chi connectivity index (χ4v) is 2.85. The van der Waals surface area contributed by atoms with E-state index in [4.69, 9.17) is 4.74 Å². The van der Waals surface area contributed by atoms with Gasteiger partial charge in [0.2, 0.25) is 5.91 Å². The Morgan fingerprint density at radius 1 is 1.14 bits per heavy atom. The van der Waals surface area contributed by atoms with Gasteiger partial charge in [-0.15, -0.1) is 5.10 Å². The number of carbonyl (C=O) groups excluding carboxylic acids is 2. The maximum absolute atomic E-state index is 12.9. The number of benzene rings is 2. The number of ketones is 1. The minimum absolute atomic E-state index is 0.0986. The van der Waals surface area contributed by atoms with Crippen LogP contribution < -0.4 is 10.1 Å². The minimum atomic E-state index is -0.689. The lowest BCUT2D eigenvalue weighted by molar-refractivity contribution is -0.124. The van der Waals surface area contributed by atoms with E-state index in [1.165, 1.54) is 4.68 Å². The molecule has 0 saturated heterocycles. The molecule has 0 fully saturated rings. The number of aromatic nitrogens is 4. The maximum Gasteiger partial charge on any atom is 0.245 e. The van der Waals surface area contributed by atoms with Gasteiger partial charge in [-0.1, -0.05) is 42.5 Å². The average Bonchev–Trinajstić information content (AvgIpc) is 3.16. The first-order valence-electron chi connectivity index (χ1n) is 8.82. The number of amides is 1. The van der Waals surface area contributed by atoms with E-state index in [1.54, 1.807) is 38.3 Å². The van der Waals surface area contributed by atoms with Crippen LogP contribution in [-0.4, -0.2) is 45.6 Å². The number of Topliss-reactive ketones (excluding diaryl/α,β-unsaturated/α-hetero) is 1. The number of aryl methyl sites for hydroxylation is 1. The molecule has 8 heteroatoms. The maximum atomic E-state index is 12.9. The van der Waals surface area contributed by atoms with Crippen LogP contribution in [0.15, 0.2) is 54.6 Å². The molecule has 0 aliphatic heterocycles. The zero-order chi connectivity index (χ0) is 19.9. The molecule has 0 spiro atoms. The van der Waals surface area contributed by atoms with Crippen LogP contribution in [0.5, 0.6) is 5.75 Å². The van der Waals surface area contributed by atoms with E-state index in [2.05, 4.69) is 20.8 Å². The van der Waals surface area contributed by atoms with E-state index in [0.717, 1.165) is 5.56 Å². The zero-order valence-corrected chi connectivity index (χ0v) is 15.7. The number of methoxy groups -OCH3 is 1. The fraction of sp³-hybridized carbons (Fsp3) is 0.250. The summed E-state index contributed by atoms with van der Waals surface area (Å²) in [6.45, 7) is 1.62. The number of tetrazole rings is 1. The van der Waals surface area contributed by atoms with Crippen molar-refractivity contribution < 1.29 is 14.3 Å². The average molecular weight is 379 g/mol. The Balaban J connectivity index is 1.76. The van der Waals surface area contributed by atoms with Gasteiger partial charge in [0.1, 0.15) is 17.6 Å². The first-order valence-corrected chi connectivity index (χ1v) is 8.82. The largest absolute Gasteiger partial charge is 0.497 e. The summed E-state index contributed by atoms with van der Waals surface area (Å²) in [4.78, 5) is 25.2. The molecule has 1 aromatic heterocycles. The van der Waals surface area contributed by atoms with Crippen LogP contribution in [0.4, 0.5) is 0 Å². The van der Waals surface area contributed by atoms with Crippen molar-refractivity contribution in [1.82, 2.24) is 25.5 Å². The summed E-state index contributed by atoms with van der Waals surface area (Å²) in [6.07, 6.45) is 0.356. The highest BCUT2D eigenvalue weighted by Crippen LogP contribution is 2.19. The highest BCUT2D eigenvalue weighted by atomic mass is 16.5. The van der Waals surface area contributed by atoms with Crippen molar-refractivity contribution in [2.24, 2.45) is 0 Å². The Morgan fingerprint density at radius 3 is 2.61 bits per heavy atom. The van der Waals surface area contributed by atoms with Crippen molar-refractivity contribution in [2.45, 2.75) is 19.4 Å². The molecule has 0 radical (unpaired) electrons. The van der Waals surface area contributed by atoms with Crippen LogP contribution in [0.25, 0.3) is 0 Å². The molecule has 8 nitrogen and oxygen atoms in total. The van der Waals surface area contributed by atoms with Gasteiger partial charge in [0, 0.05) is 12.0 Å². The lowest BCUT2D eigenvalue weighted by atomic mass is 10.0. The Morgan fingerprint density at radius 2 is 1.93 bits per heavy atom. The van der Waals surface area contributed by atoms with E-state index in [9.17, 15) is 9.59 Å².